The highest BCUT2D eigenvalue weighted by atomic mass is 35.5. The summed E-state index contributed by atoms with van der Waals surface area (Å²) in [6, 6.07) is 16.8. The Morgan fingerprint density at radius 3 is 2.52 bits per heavy atom. The fraction of sp³-hybridized carbons (Fsp3) is 0.412. The first-order valence-corrected chi connectivity index (χ1v) is 7.21. The average molecular weight is 327 g/mol. The lowest BCUT2D eigenvalue weighted by molar-refractivity contribution is 0.475. The van der Waals surface area contributed by atoms with Gasteiger partial charge in [0.1, 0.15) is 0 Å². The van der Waals surface area contributed by atoms with Crippen LogP contribution in [0, 0.1) is 0 Å². The highest BCUT2D eigenvalue weighted by Crippen LogP contribution is 2.25. The van der Waals surface area contributed by atoms with Crippen molar-refractivity contribution in [3.63, 3.8) is 0 Å². The first-order valence-electron chi connectivity index (χ1n) is 7.21. The molecule has 2 N–H and O–H groups in total. The summed E-state index contributed by atoms with van der Waals surface area (Å²) < 4.78 is 0. The maximum Gasteiger partial charge on any atom is 0.0301 e. The minimum absolute atomic E-state index is 0. The van der Waals surface area contributed by atoms with Crippen molar-refractivity contribution in [3.05, 3.63) is 48.0 Å². The Kier molecular flexibility index (Phi) is 6.95. The van der Waals surface area contributed by atoms with Crippen molar-refractivity contribution in [2.45, 2.75) is 38.4 Å². The second kappa shape index (κ2) is 8.00. The lowest BCUT2D eigenvalue weighted by Crippen LogP contribution is -2.33. The SMILES string of the molecule is CC(N[C@@H]1CN[C@H](C)C1)c1cccc2ccccc12.Cl.Cl. The molecule has 3 rings (SSSR count). The average Bonchev–Trinajstić information content (AvgIpc) is 2.83. The van der Waals surface area contributed by atoms with Gasteiger partial charge in [-0.05, 0) is 36.6 Å². The Balaban J connectivity index is 0.00000110. The van der Waals surface area contributed by atoms with Gasteiger partial charge >= 0.3 is 0 Å². The quantitative estimate of drug-likeness (QED) is 0.887. The Morgan fingerprint density at radius 1 is 1.10 bits per heavy atom. The van der Waals surface area contributed by atoms with Crippen LogP contribution in [-0.4, -0.2) is 18.6 Å². The van der Waals surface area contributed by atoms with E-state index in [-0.39, 0.29) is 24.8 Å². The van der Waals surface area contributed by atoms with Gasteiger partial charge in [-0.3, -0.25) is 0 Å². The van der Waals surface area contributed by atoms with Crippen molar-refractivity contribution in [2.24, 2.45) is 0 Å². The number of halogens is 2. The van der Waals surface area contributed by atoms with Crippen LogP contribution < -0.4 is 10.6 Å². The van der Waals surface area contributed by atoms with Crippen LogP contribution in [0.3, 0.4) is 0 Å². The highest BCUT2D eigenvalue weighted by molar-refractivity contribution is 5.86. The second-order valence-electron chi connectivity index (χ2n) is 5.70. The summed E-state index contributed by atoms with van der Waals surface area (Å²) in [4.78, 5) is 0. The third-order valence-corrected chi connectivity index (χ3v) is 4.13. The molecule has 0 spiro atoms. The summed E-state index contributed by atoms with van der Waals surface area (Å²) in [7, 11) is 0. The van der Waals surface area contributed by atoms with Gasteiger partial charge in [-0.15, -0.1) is 24.8 Å². The first kappa shape index (κ1) is 18.2. The Labute approximate surface area is 139 Å². The molecule has 1 fully saturated rings. The number of benzene rings is 2. The van der Waals surface area contributed by atoms with Crippen LogP contribution >= 0.6 is 24.8 Å². The van der Waals surface area contributed by atoms with Crippen LogP contribution in [0.25, 0.3) is 10.8 Å². The topological polar surface area (TPSA) is 24.1 Å². The Morgan fingerprint density at radius 2 is 1.81 bits per heavy atom. The zero-order valence-corrected chi connectivity index (χ0v) is 14.1. The van der Waals surface area contributed by atoms with Crippen LogP contribution in [-0.2, 0) is 0 Å². The summed E-state index contributed by atoms with van der Waals surface area (Å²) in [6.45, 7) is 5.60. The molecule has 1 aliphatic rings. The molecule has 2 nitrogen and oxygen atoms in total. The maximum absolute atomic E-state index is 3.76. The Hall–Kier alpha value is -0.800. The van der Waals surface area contributed by atoms with Crippen molar-refractivity contribution in [1.82, 2.24) is 10.6 Å². The molecule has 1 unspecified atom stereocenters. The molecule has 1 aliphatic heterocycles. The molecule has 0 bridgehead atoms. The van der Waals surface area contributed by atoms with Gasteiger partial charge < -0.3 is 10.6 Å². The van der Waals surface area contributed by atoms with Crippen LogP contribution in [0.2, 0.25) is 0 Å². The molecule has 21 heavy (non-hydrogen) atoms. The van der Waals surface area contributed by atoms with E-state index in [4.69, 9.17) is 0 Å². The fourth-order valence-electron chi connectivity index (χ4n) is 3.14. The van der Waals surface area contributed by atoms with Crippen molar-refractivity contribution in [2.75, 3.05) is 6.54 Å². The molecule has 0 amide bonds. The lowest BCUT2D eigenvalue weighted by Gasteiger charge is -2.20. The highest BCUT2D eigenvalue weighted by Gasteiger charge is 2.22. The fourth-order valence-corrected chi connectivity index (χ4v) is 3.14. The summed E-state index contributed by atoms with van der Waals surface area (Å²) in [6.07, 6.45) is 1.22. The summed E-state index contributed by atoms with van der Waals surface area (Å²) in [5.41, 5.74) is 1.40. The third kappa shape index (κ3) is 4.10. The lowest BCUT2D eigenvalue weighted by atomic mass is 9.99. The molecule has 1 saturated heterocycles. The monoisotopic (exact) mass is 326 g/mol. The van der Waals surface area contributed by atoms with Gasteiger partial charge in [-0.2, -0.15) is 0 Å². The van der Waals surface area contributed by atoms with E-state index in [0.717, 1.165) is 6.54 Å². The van der Waals surface area contributed by atoms with Gasteiger partial charge in [0, 0.05) is 24.7 Å². The standard InChI is InChI=1S/C17H22N2.2ClH/c1-12-10-15(11-18-12)19-13(2)16-9-5-7-14-6-3-4-8-17(14)16;;/h3-9,12-13,15,18-19H,10-11H2,1-2H3;2*1H/t12-,13?,15+;;/m1../s1. The molecule has 3 atom stereocenters. The van der Waals surface area contributed by atoms with Gasteiger partial charge in [0.15, 0.2) is 0 Å². The van der Waals surface area contributed by atoms with E-state index in [1.54, 1.807) is 0 Å². The number of nitrogens with one attached hydrogen (secondary N) is 2. The van der Waals surface area contributed by atoms with Crippen LogP contribution in [0.1, 0.15) is 31.9 Å². The molecule has 1 heterocycles. The number of rotatable bonds is 3. The zero-order chi connectivity index (χ0) is 13.2. The molecule has 0 aromatic heterocycles. The number of fused-ring (bicyclic) bond motifs is 1. The van der Waals surface area contributed by atoms with E-state index in [9.17, 15) is 0 Å². The second-order valence-corrected chi connectivity index (χ2v) is 5.70. The van der Waals surface area contributed by atoms with Gasteiger partial charge in [-0.1, -0.05) is 42.5 Å². The van der Waals surface area contributed by atoms with Crippen molar-refractivity contribution >= 4 is 35.6 Å². The van der Waals surface area contributed by atoms with E-state index in [1.165, 1.54) is 22.8 Å². The predicted octanol–water partition coefficient (Wildman–Crippen LogP) is 4.08. The predicted molar refractivity (Wildman–Crippen MR) is 95.9 cm³/mol. The summed E-state index contributed by atoms with van der Waals surface area (Å²) in [5.74, 6) is 0. The van der Waals surface area contributed by atoms with Gasteiger partial charge in [0.25, 0.3) is 0 Å². The molecule has 2 aromatic carbocycles. The minimum Gasteiger partial charge on any atom is -0.313 e. The molecule has 0 aliphatic carbocycles. The van der Waals surface area contributed by atoms with Crippen molar-refractivity contribution in [3.8, 4) is 0 Å². The van der Waals surface area contributed by atoms with Crippen LogP contribution in [0.5, 0.6) is 0 Å². The van der Waals surface area contributed by atoms with E-state index < -0.39 is 0 Å². The van der Waals surface area contributed by atoms with E-state index in [1.807, 2.05) is 0 Å². The maximum atomic E-state index is 3.76. The molecule has 116 valence electrons. The first-order chi connectivity index (χ1) is 9.24. The molecule has 2 aromatic rings. The van der Waals surface area contributed by atoms with Crippen molar-refractivity contribution < 1.29 is 0 Å². The number of hydrogen-bond donors (Lipinski definition) is 2. The smallest absolute Gasteiger partial charge is 0.0301 e. The van der Waals surface area contributed by atoms with Crippen molar-refractivity contribution in [1.29, 1.82) is 0 Å². The van der Waals surface area contributed by atoms with Gasteiger partial charge in [0.05, 0.1) is 0 Å². The third-order valence-electron chi connectivity index (χ3n) is 4.13. The zero-order valence-electron chi connectivity index (χ0n) is 12.5. The largest absolute Gasteiger partial charge is 0.313 e. The molecule has 0 saturated carbocycles. The molecule has 4 heteroatoms. The molecular formula is C17H24Cl2N2. The van der Waals surface area contributed by atoms with Crippen LogP contribution in [0.4, 0.5) is 0 Å². The molecular weight excluding hydrogens is 303 g/mol. The van der Waals surface area contributed by atoms with E-state index in [2.05, 4.69) is 66.9 Å². The summed E-state index contributed by atoms with van der Waals surface area (Å²) >= 11 is 0. The van der Waals surface area contributed by atoms with Crippen LogP contribution in [0.15, 0.2) is 42.5 Å². The van der Waals surface area contributed by atoms with E-state index in [0.29, 0.717) is 18.1 Å². The summed E-state index contributed by atoms with van der Waals surface area (Å²) in [5, 5.41) is 9.95. The van der Waals surface area contributed by atoms with E-state index >= 15 is 0 Å². The minimum atomic E-state index is 0. The molecule has 0 radical (unpaired) electrons. The normalized spacial score (nSPS) is 22.4. The Bertz CT molecular complexity index is 568. The van der Waals surface area contributed by atoms with Gasteiger partial charge in [-0.25, -0.2) is 0 Å². The van der Waals surface area contributed by atoms with Gasteiger partial charge in [0.2, 0.25) is 0 Å². The number of hydrogen-bond acceptors (Lipinski definition) is 2.